The number of cyclic esters (lactones) is 1. The first-order valence-corrected chi connectivity index (χ1v) is 24.2. The molecule has 0 spiro atoms. The van der Waals surface area contributed by atoms with Crippen molar-refractivity contribution in [1.29, 1.82) is 0 Å². The molecule has 65 heavy (non-hydrogen) atoms. The summed E-state index contributed by atoms with van der Waals surface area (Å²) in [6.45, 7) is 11.0. The van der Waals surface area contributed by atoms with Crippen molar-refractivity contribution in [3.8, 4) is 0 Å². The van der Waals surface area contributed by atoms with Crippen molar-refractivity contribution in [2.45, 2.75) is 180 Å². The molecule has 3 fully saturated rings. The summed E-state index contributed by atoms with van der Waals surface area (Å²) in [5.74, 6) is -7.64. The molecule has 2 saturated heterocycles. The number of esters is 1. The van der Waals surface area contributed by atoms with E-state index in [1.807, 2.05) is 45.2 Å². The Morgan fingerprint density at radius 1 is 0.923 bits per heavy atom. The van der Waals surface area contributed by atoms with Crippen LogP contribution in [0.15, 0.2) is 58.6 Å². The van der Waals surface area contributed by atoms with Crippen LogP contribution in [0.3, 0.4) is 0 Å². The number of Topliss-reactive ketones (excluding diaryl/α,β-unsaturated/α-hetero) is 2. The maximum atomic E-state index is 16.3. The average Bonchev–Trinajstić information content (AvgIpc) is 3.32. The van der Waals surface area contributed by atoms with Crippen LogP contribution < -0.4 is 0 Å². The van der Waals surface area contributed by atoms with Gasteiger partial charge in [-0.2, -0.15) is 0 Å². The Morgan fingerprint density at radius 3 is 2.29 bits per heavy atom. The second-order valence-corrected chi connectivity index (χ2v) is 19.4. The molecule has 0 aromatic heterocycles. The monoisotopic (exact) mass is 909 g/mol. The molecule has 12 nitrogen and oxygen atoms in total. The van der Waals surface area contributed by atoms with E-state index in [0.29, 0.717) is 31.3 Å². The molecular formula is C52H77FN2O10. The number of benzene rings is 1. The second kappa shape index (κ2) is 24.4. The minimum atomic E-state index is -2.57. The number of aliphatic imine (C=N–C) groups is 1. The second-order valence-electron chi connectivity index (χ2n) is 19.4. The van der Waals surface area contributed by atoms with E-state index in [-0.39, 0.29) is 62.0 Å². The van der Waals surface area contributed by atoms with E-state index in [0.717, 1.165) is 37.7 Å². The molecular weight excluding hydrogens is 832 g/mol. The lowest BCUT2D eigenvalue weighted by Gasteiger charge is -2.47. The number of aryl methyl sites for hydroxylation is 1. The van der Waals surface area contributed by atoms with E-state index in [2.05, 4.69) is 18.2 Å². The molecule has 5 rings (SSSR count). The number of rotatable bonds is 10. The fourth-order valence-corrected chi connectivity index (χ4v) is 10.6. The van der Waals surface area contributed by atoms with Crippen LogP contribution in [0.5, 0.6) is 0 Å². The maximum Gasteiger partial charge on any atom is 0.329 e. The molecule has 14 unspecified atom stereocenters. The minimum Gasteiger partial charge on any atom is -0.456 e. The lowest BCUT2D eigenvalue weighted by Crippen LogP contribution is -2.64. The number of alkyl halides is 1. The Labute approximate surface area is 387 Å². The smallest absolute Gasteiger partial charge is 0.329 e. The Bertz CT molecular complexity index is 1840. The Hall–Kier alpha value is -3.62. The first-order chi connectivity index (χ1) is 31.1. The van der Waals surface area contributed by atoms with Crippen LogP contribution in [0.4, 0.5) is 4.39 Å². The number of amides is 1. The van der Waals surface area contributed by atoms with Crippen LogP contribution in [-0.4, -0.2) is 122 Å². The zero-order valence-corrected chi connectivity index (χ0v) is 40.4. The molecule has 1 amide bonds. The Balaban J connectivity index is 1.44. The number of aliphatic hydroxyl groups is 1. The number of ether oxygens (including phenoxy) is 5. The van der Waals surface area contributed by atoms with Gasteiger partial charge in [0.1, 0.15) is 30.2 Å². The van der Waals surface area contributed by atoms with Gasteiger partial charge in [0.05, 0.1) is 24.4 Å². The number of piperidine rings is 1. The van der Waals surface area contributed by atoms with E-state index in [4.69, 9.17) is 28.7 Å². The summed E-state index contributed by atoms with van der Waals surface area (Å²) < 4.78 is 46.6. The standard InChI is InChI=1S/C52H77FN2O10/c1-10-39-28-33(3)46(53)34(4)29-44(62-8)48-45(63-9)30-36(6)52(60,65-48)49(57)50(58)55-26-15-14-20-41(55)51(59)64-47(32(2)21-24-42(39)56)35(5)27-38-22-23-40(43(31-38)61-7)54-25-16-19-37-17-12-11-13-18-37/h11-13,17-18,25,27-28,32,34,36,38-41,43-48,60H,10,14-16,19-24,26,29-31H2,1-9H3. The zero-order valence-electron chi connectivity index (χ0n) is 40.4. The quantitative estimate of drug-likeness (QED) is 0.105. The van der Waals surface area contributed by atoms with Gasteiger partial charge in [-0.05, 0) is 132 Å². The van der Waals surface area contributed by atoms with Crippen molar-refractivity contribution in [3.05, 3.63) is 59.2 Å². The molecule has 1 N–H and O–H groups in total. The summed E-state index contributed by atoms with van der Waals surface area (Å²) in [4.78, 5) is 63.2. The Kier molecular flexibility index (Phi) is 19.7. The Morgan fingerprint density at radius 2 is 1.62 bits per heavy atom. The van der Waals surface area contributed by atoms with Crippen LogP contribution in [0.2, 0.25) is 0 Å². The molecule has 4 aliphatic rings. The van der Waals surface area contributed by atoms with Crippen LogP contribution in [0, 0.1) is 29.6 Å². The van der Waals surface area contributed by atoms with Gasteiger partial charge in [-0.15, -0.1) is 0 Å². The molecule has 0 radical (unpaired) electrons. The molecule has 3 heterocycles. The van der Waals surface area contributed by atoms with E-state index >= 15 is 4.39 Å². The SMILES string of the molecule is CCC1C=C(C)C(F)C(C)CC(OC)C2OC(O)(C(=O)C(=O)N3CCCCC3C(=O)OC(C(C)=CC3CCC(N=CCCc4ccccc4)C(OC)C3)C(C)CCC1=O)C(C)CC2OC. The van der Waals surface area contributed by atoms with Gasteiger partial charge in [-0.3, -0.25) is 19.4 Å². The van der Waals surface area contributed by atoms with Crippen molar-refractivity contribution in [1.82, 2.24) is 4.90 Å². The molecule has 2 bridgehead atoms. The minimum absolute atomic E-state index is 0.0222. The van der Waals surface area contributed by atoms with Gasteiger partial charge in [0, 0.05) is 46.1 Å². The zero-order chi connectivity index (χ0) is 47.4. The highest BCUT2D eigenvalue weighted by atomic mass is 19.1. The maximum absolute atomic E-state index is 16.3. The normalized spacial score (nSPS) is 36.7. The molecule has 1 aliphatic carbocycles. The number of carbonyl (C=O) groups is 4. The van der Waals surface area contributed by atoms with Gasteiger partial charge in [0.15, 0.2) is 0 Å². The lowest BCUT2D eigenvalue weighted by molar-refractivity contribution is -0.302. The van der Waals surface area contributed by atoms with Gasteiger partial charge in [0.25, 0.3) is 11.7 Å². The molecule has 1 aromatic carbocycles. The van der Waals surface area contributed by atoms with E-state index in [1.54, 1.807) is 34.0 Å². The van der Waals surface area contributed by atoms with Crippen LogP contribution in [0.25, 0.3) is 0 Å². The summed E-state index contributed by atoms with van der Waals surface area (Å²) >= 11 is 0. The largest absolute Gasteiger partial charge is 0.456 e. The van der Waals surface area contributed by atoms with Crippen LogP contribution in [0.1, 0.15) is 124 Å². The summed E-state index contributed by atoms with van der Waals surface area (Å²) in [7, 11) is 4.65. The first-order valence-electron chi connectivity index (χ1n) is 24.2. The fraction of sp³-hybridized carbons (Fsp3) is 0.712. The van der Waals surface area contributed by atoms with Crippen molar-refractivity contribution >= 4 is 29.7 Å². The fourth-order valence-electron chi connectivity index (χ4n) is 10.6. The molecule has 3 aliphatic heterocycles. The molecule has 362 valence electrons. The third-order valence-corrected chi connectivity index (χ3v) is 14.7. The highest BCUT2D eigenvalue weighted by Gasteiger charge is 2.56. The highest BCUT2D eigenvalue weighted by molar-refractivity contribution is 6.39. The number of fused-ring (bicyclic) bond motifs is 3. The first kappa shape index (κ1) is 52.4. The number of allylic oxidation sites excluding steroid dienone is 3. The number of hydrogen-bond donors (Lipinski definition) is 1. The van der Waals surface area contributed by atoms with E-state index < -0.39 is 77.8 Å². The summed E-state index contributed by atoms with van der Waals surface area (Å²) in [5, 5.41) is 12.1. The predicted octanol–water partition coefficient (Wildman–Crippen LogP) is 8.16. The van der Waals surface area contributed by atoms with Gasteiger partial charge in [0.2, 0.25) is 5.79 Å². The highest BCUT2D eigenvalue weighted by Crippen LogP contribution is 2.40. The average molecular weight is 909 g/mol. The van der Waals surface area contributed by atoms with Crippen LogP contribution >= 0.6 is 0 Å². The van der Waals surface area contributed by atoms with Crippen LogP contribution in [-0.2, 0) is 49.3 Å². The predicted molar refractivity (Wildman–Crippen MR) is 248 cm³/mol. The molecule has 14 atom stereocenters. The van der Waals surface area contributed by atoms with Crippen molar-refractivity contribution in [3.63, 3.8) is 0 Å². The number of nitrogens with zero attached hydrogens (tertiary/aromatic N) is 2. The topological polar surface area (TPSA) is 150 Å². The van der Waals surface area contributed by atoms with E-state index in [9.17, 15) is 24.3 Å². The van der Waals surface area contributed by atoms with Gasteiger partial charge in [-0.1, -0.05) is 70.2 Å². The summed E-state index contributed by atoms with van der Waals surface area (Å²) in [6.07, 6.45) is 8.11. The molecule has 1 saturated carbocycles. The number of halogens is 1. The van der Waals surface area contributed by atoms with Gasteiger partial charge in [-0.25, -0.2) is 9.18 Å². The number of carbonyl (C=O) groups excluding carboxylic acids is 4. The van der Waals surface area contributed by atoms with E-state index in [1.165, 1.54) is 24.7 Å². The third-order valence-electron chi connectivity index (χ3n) is 14.7. The van der Waals surface area contributed by atoms with Crippen molar-refractivity contribution < 1.29 is 52.4 Å². The number of methoxy groups -OCH3 is 3. The lowest BCUT2D eigenvalue weighted by atomic mass is 9.81. The van der Waals surface area contributed by atoms with Gasteiger partial charge >= 0.3 is 5.97 Å². The summed E-state index contributed by atoms with van der Waals surface area (Å²) in [6, 6.07) is 9.29. The number of ketones is 2. The third kappa shape index (κ3) is 13.1. The molecule has 13 heteroatoms. The van der Waals surface area contributed by atoms with Crippen molar-refractivity contribution in [2.75, 3.05) is 27.9 Å². The summed E-state index contributed by atoms with van der Waals surface area (Å²) in [5.41, 5.74) is 2.52. The molecule has 1 aromatic rings. The van der Waals surface area contributed by atoms with Crippen molar-refractivity contribution in [2.24, 2.45) is 34.6 Å². The number of hydrogen-bond acceptors (Lipinski definition) is 11. The van der Waals surface area contributed by atoms with Gasteiger partial charge < -0.3 is 33.7 Å².